The zero-order valence-corrected chi connectivity index (χ0v) is 22.2. The number of benzene rings is 2. The topological polar surface area (TPSA) is 214 Å². The first-order valence-electron chi connectivity index (χ1n) is 11.9. The average molecular weight is 577 g/mol. The molecule has 0 atom stereocenters. The Morgan fingerprint density at radius 1 is 1.00 bits per heavy atom. The third-order valence-electron chi connectivity index (χ3n) is 5.60. The number of aliphatic carboxylic acids is 1. The number of ether oxygens (including phenoxy) is 1. The molecule has 0 aliphatic carbocycles. The Balaban J connectivity index is 1.48. The Hall–Kier alpha value is -5.34. The monoisotopic (exact) mass is 576 g/mol. The molecule has 0 fully saturated rings. The Labute approximate surface area is 236 Å². The number of esters is 1. The molecule has 0 saturated heterocycles. The highest BCUT2D eigenvalue weighted by Gasteiger charge is 2.21. The Kier molecular flexibility index (Phi) is 8.86. The van der Waals surface area contributed by atoms with E-state index in [2.05, 4.69) is 14.8 Å². The molecule has 4 aromatic rings. The standard InChI is InChI=1S/C27H24N6O7S/c28-27(29)31-18-4-1-16(2-5-18)26(38)39-19-6-8-21-17(10-19)3-7-22(32-21)25(37)33(13-23(34)35)12-15-9-20(41-14-15)11-24(36)40-30/h1-10,14H,11-13,30H2,(H,34,35)(H4,28,29,31). The van der Waals surface area contributed by atoms with Crippen LogP contribution in [-0.2, 0) is 27.4 Å². The number of fused-ring (bicyclic) bond motifs is 1. The minimum atomic E-state index is -1.20. The van der Waals surface area contributed by atoms with E-state index in [0.717, 1.165) is 4.90 Å². The molecule has 0 bridgehead atoms. The lowest BCUT2D eigenvalue weighted by Gasteiger charge is -2.20. The summed E-state index contributed by atoms with van der Waals surface area (Å²) < 4.78 is 5.46. The number of guanidine groups is 1. The summed E-state index contributed by atoms with van der Waals surface area (Å²) in [5, 5.41) is 11.7. The molecule has 0 spiro atoms. The van der Waals surface area contributed by atoms with Crippen molar-refractivity contribution in [3.63, 3.8) is 0 Å². The third kappa shape index (κ3) is 7.62. The predicted molar refractivity (Wildman–Crippen MR) is 149 cm³/mol. The highest BCUT2D eigenvalue weighted by atomic mass is 32.1. The fourth-order valence-corrected chi connectivity index (χ4v) is 4.67. The molecule has 0 radical (unpaired) electrons. The number of nitrogens with two attached hydrogens (primary N) is 3. The van der Waals surface area contributed by atoms with Gasteiger partial charge in [-0.05, 0) is 65.5 Å². The van der Waals surface area contributed by atoms with Gasteiger partial charge in [0.15, 0.2) is 5.96 Å². The van der Waals surface area contributed by atoms with E-state index in [-0.39, 0.29) is 35.9 Å². The summed E-state index contributed by atoms with van der Waals surface area (Å²) in [5.41, 5.74) is 12.6. The number of carbonyl (C=O) groups is 4. The average Bonchev–Trinajstić information content (AvgIpc) is 3.38. The van der Waals surface area contributed by atoms with Gasteiger partial charge in [0.05, 0.1) is 23.2 Å². The minimum absolute atomic E-state index is 0.0130. The maximum atomic E-state index is 13.2. The van der Waals surface area contributed by atoms with Crippen LogP contribution in [0.4, 0.5) is 5.69 Å². The SMILES string of the molecule is NOC(=O)Cc1cc(CN(CC(=O)O)C(=O)c2ccc3cc(OC(=O)c4ccc(N=C(N)N)cc4)ccc3n2)cs1. The van der Waals surface area contributed by atoms with E-state index in [1.807, 2.05) is 0 Å². The van der Waals surface area contributed by atoms with Crippen molar-refractivity contribution in [1.82, 2.24) is 9.88 Å². The van der Waals surface area contributed by atoms with Gasteiger partial charge >= 0.3 is 17.9 Å². The van der Waals surface area contributed by atoms with Gasteiger partial charge in [-0.3, -0.25) is 9.59 Å². The van der Waals surface area contributed by atoms with Crippen molar-refractivity contribution in [3.8, 4) is 5.75 Å². The van der Waals surface area contributed by atoms with E-state index in [1.54, 1.807) is 41.8 Å². The lowest BCUT2D eigenvalue weighted by Crippen LogP contribution is -2.35. The van der Waals surface area contributed by atoms with Crippen LogP contribution in [0.2, 0.25) is 0 Å². The molecule has 0 aliphatic heterocycles. The highest BCUT2D eigenvalue weighted by Crippen LogP contribution is 2.23. The number of carbonyl (C=O) groups excluding carboxylic acids is 3. The van der Waals surface area contributed by atoms with Crippen LogP contribution >= 0.6 is 11.3 Å². The molecule has 2 aromatic carbocycles. The van der Waals surface area contributed by atoms with Gasteiger partial charge in [0.1, 0.15) is 18.0 Å². The molecule has 41 heavy (non-hydrogen) atoms. The largest absolute Gasteiger partial charge is 0.480 e. The molecule has 0 unspecified atom stereocenters. The van der Waals surface area contributed by atoms with Gasteiger partial charge in [0, 0.05) is 16.8 Å². The van der Waals surface area contributed by atoms with Gasteiger partial charge < -0.3 is 31.0 Å². The first kappa shape index (κ1) is 28.7. The summed E-state index contributed by atoms with van der Waals surface area (Å²) in [6.07, 6.45) is -0.0384. The van der Waals surface area contributed by atoms with Crippen LogP contribution in [0.1, 0.15) is 31.3 Å². The molecule has 2 aromatic heterocycles. The molecular formula is C27H24N6O7S. The maximum Gasteiger partial charge on any atom is 0.343 e. The zero-order valence-electron chi connectivity index (χ0n) is 21.4. The van der Waals surface area contributed by atoms with Gasteiger partial charge in [0.25, 0.3) is 5.91 Å². The van der Waals surface area contributed by atoms with Crippen molar-refractivity contribution in [2.75, 3.05) is 6.54 Å². The lowest BCUT2D eigenvalue weighted by atomic mass is 10.1. The van der Waals surface area contributed by atoms with Gasteiger partial charge in [-0.15, -0.1) is 11.3 Å². The number of nitrogens with zero attached hydrogens (tertiary/aromatic N) is 3. The van der Waals surface area contributed by atoms with Crippen LogP contribution in [0.5, 0.6) is 5.75 Å². The molecule has 14 heteroatoms. The van der Waals surface area contributed by atoms with Crippen LogP contribution in [0.3, 0.4) is 0 Å². The van der Waals surface area contributed by atoms with Crippen LogP contribution in [0, 0.1) is 0 Å². The molecule has 0 aliphatic rings. The second kappa shape index (κ2) is 12.7. The summed E-state index contributed by atoms with van der Waals surface area (Å²) in [4.78, 5) is 62.9. The number of rotatable bonds is 10. The fraction of sp³-hybridized carbons (Fsp3) is 0.111. The number of thiophene rings is 1. The number of hydrogen-bond acceptors (Lipinski definition) is 10. The normalized spacial score (nSPS) is 10.6. The molecular weight excluding hydrogens is 552 g/mol. The van der Waals surface area contributed by atoms with E-state index < -0.39 is 30.4 Å². The molecule has 0 saturated carbocycles. The van der Waals surface area contributed by atoms with E-state index in [9.17, 15) is 24.3 Å². The third-order valence-corrected chi connectivity index (χ3v) is 6.58. The second-order valence-corrected chi connectivity index (χ2v) is 9.66. The van der Waals surface area contributed by atoms with Crippen molar-refractivity contribution >= 4 is 57.7 Å². The number of pyridine rings is 1. The van der Waals surface area contributed by atoms with Crippen LogP contribution in [0.15, 0.2) is 71.0 Å². The van der Waals surface area contributed by atoms with Gasteiger partial charge in [-0.1, -0.05) is 6.07 Å². The van der Waals surface area contributed by atoms with E-state index >= 15 is 0 Å². The number of carboxylic acid groups (broad SMARTS) is 1. The quantitative estimate of drug-likeness (QED) is 0.0705. The van der Waals surface area contributed by atoms with Crippen molar-refractivity contribution < 1.29 is 33.9 Å². The van der Waals surface area contributed by atoms with Gasteiger partial charge in [0.2, 0.25) is 0 Å². The number of hydrogen-bond donors (Lipinski definition) is 4. The molecule has 7 N–H and O–H groups in total. The molecule has 1 amide bonds. The Morgan fingerprint density at radius 2 is 1.76 bits per heavy atom. The van der Waals surface area contributed by atoms with Crippen LogP contribution in [0.25, 0.3) is 10.9 Å². The number of aromatic nitrogens is 1. The molecule has 4 rings (SSSR count). The summed E-state index contributed by atoms with van der Waals surface area (Å²) in [5.74, 6) is 2.03. The van der Waals surface area contributed by atoms with Crippen LogP contribution < -0.4 is 22.1 Å². The van der Waals surface area contributed by atoms with E-state index in [4.69, 9.17) is 22.1 Å². The second-order valence-electron chi connectivity index (χ2n) is 8.67. The first-order valence-corrected chi connectivity index (χ1v) is 12.8. The number of amides is 1. The van der Waals surface area contributed by atoms with Gasteiger partial charge in [-0.25, -0.2) is 19.6 Å². The van der Waals surface area contributed by atoms with Gasteiger partial charge in [-0.2, -0.15) is 5.90 Å². The summed E-state index contributed by atoms with van der Waals surface area (Å²) in [7, 11) is 0. The Bertz CT molecular complexity index is 1650. The summed E-state index contributed by atoms with van der Waals surface area (Å²) in [6.45, 7) is -0.572. The van der Waals surface area contributed by atoms with Crippen LogP contribution in [-0.4, -0.2) is 51.3 Å². The van der Waals surface area contributed by atoms with Crippen molar-refractivity contribution in [3.05, 3.63) is 87.7 Å². The summed E-state index contributed by atoms with van der Waals surface area (Å²) in [6, 6.07) is 15.7. The highest BCUT2D eigenvalue weighted by molar-refractivity contribution is 7.10. The predicted octanol–water partition coefficient (Wildman–Crippen LogP) is 2.11. The molecule has 13 nitrogen and oxygen atoms in total. The zero-order chi connectivity index (χ0) is 29.5. The number of aliphatic imine (C=N–C) groups is 1. The molecule has 2 heterocycles. The van der Waals surface area contributed by atoms with Crippen molar-refractivity contribution in [2.24, 2.45) is 22.4 Å². The summed E-state index contributed by atoms with van der Waals surface area (Å²) >= 11 is 1.26. The van der Waals surface area contributed by atoms with Crippen molar-refractivity contribution in [1.29, 1.82) is 0 Å². The molecule has 210 valence electrons. The fourth-order valence-electron chi connectivity index (χ4n) is 3.80. The smallest absolute Gasteiger partial charge is 0.343 e. The Morgan fingerprint density at radius 3 is 2.44 bits per heavy atom. The van der Waals surface area contributed by atoms with E-state index in [0.29, 0.717) is 27.0 Å². The van der Waals surface area contributed by atoms with E-state index in [1.165, 1.54) is 35.6 Å². The maximum absolute atomic E-state index is 13.2. The van der Waals surface area contributed by atoms with Crippen molar-refractivity contribution in [2.45, 2.75) is 13.0 Å². The number of carboxylic acids is 1. The first-order chi connectivity index (χ1) is 19.6. The minimum Gasteiger partial charge on any atom is -0.480 e. The lowest BCUT2D eigenvalue weighted by molar-refractivity contribution is -0.143.